The Balaban J connectivity index is 1.70. The highest BCUT2D eigenvalue weighted by molar-refractivity contribution is 6.02. The average molecular weight is 299 g/mol. The van der Waals surface area contributed by atoms with Crippen LogP contribution in [0.1, 0.15) is 12.5 Å². The lowest BCUT2D eigenvalue weighted by atomic mass is 9.77. The van der Waals surface area contributed by atoms with Crippen molar-refractivity contribution in [3.63, 3.8) is 0 Å². The summed E-state index contributed by atoms with van der Waals surface area (Å²) >= 11 is 0. The van der Waals surface area contributed by atoms with Crippen molar-refractivity contribution in [3.05, 3.63) is 42.0 Å². The Kier molecular flexibility index (Phi) is 2.72. The summed E-state index contributed by atoms with van der Waals surface area (Å²) in [4.78, 5) is 26.0. The van der Waals surface area contributed by atoms with Crippen LogP contribution < -0.4 is 4.90 Å². The maximum absolute atomic E-state index is 12.8. The van der Waals surface area contributed by atoms with Gasteiger partial charge in [0.1, 0.15) is 11.5 Å². The van der Waals surface area contributed by atoms with Crippen LogP contribution in [0.5, 0.6) is 0 Å². The van der Waals surface area contributed by atoms with Crippen molar-refractivity contribution in [2.45, 2.75) is 25.0 Å². The predicted octanol–water partition coefficient (Wildman–Crippen LogP) is 1.62. The molecule has 1 aromatic rings. The fourth-order valence-electron chi connectivity index (χ4n) is 3.91. The van der Waals surface area contributed by atoms with Gasteiger partial charge in [-0.05, 0) is 24.1 Å². The smallest absolute Gasteiger partial charge is 0.310 e. The van der Waals surface area contributed by atoms with Crippen molar-refractivity contribution in [2.75, 3.05) is 11.4 Å². The van der Waals surface area contributed by atoms with E-state index in [1.54, 1.807) is 11.0 Å². The van der Waals surface area contributed by atoms with Crippen LogP contribution >= 0.6 is 0 Å². The summed E-state index contributed by atoms with van der Waals surface area (Å²) in [7, 11) is 0. The van der Waals surface area contributed by atoms with Crippen LogP contribution in [0.4, 0.5) is 5.69 Å². The largest absolute Gasteiger partial charge is 0.481 e. The molecule has 1 unspecified atom stereocenters. The van der Waals surface area contributed by atoms with Crippen molar-refractivity contribution in [2.24, 2.45) is 11.8 Å². The SMILES string of the molecule is CCc1ccc(N2C[C@@]34C=C[C@@H](O3)C(C(=O)O)[C@H]4C2=O)cc1. The summed E-state index contributed by atoms with van der Waals surface area (Å²) in [6.07, 6.45) is 4.12. The Morgan fingerprint density at radius 3 is 2.77 bits per heavy atom. The molecule has 0 aliphatic carbocycles. The van der Waals surface area contributed by atoms with Crippen LogP contribution in [0, 0.1) is 11.8 Å². The lowest BCUT2D eigenvalue weighted by Crippen LogP contribution is -2.39. The van der Waals surface area contributed by atoms with E-state index < -0.39 is 29.5 Å². The summed E-state index contributed by atoms with van der Waals surface area (Å²) in [5.41, 5.74) is 1.23. The third-order valence-electron chi connectivity index (χ3n) is 5.04. The second kappa shape index (κ2) is 4.43. The molecular weight excluding hydrogens is 282 g/mol. The average Bonchev–Trinajstić information content (AvgIpc) is 3.15. The predicted molar refractivity (Wildman–Crippen MR) is 79.5 cm³/mol. The number of carbonyl (C=O) groups is 2. The highest BCUT2D eigenvalue weighted by Gasteiger charge is 2.67. The number of benzene rings is 1. The molecule has 5 heteroatoms. The lowest BCUT2D eigenvalue weighted by Gasteiger charge is -2.21. The molecule has 22 heavy (non-hydrogen) atoms. The van der Waals surface area contributed by atoms with Gasteiger partial charge >= 0.3 is 5.97 Å². The third kappa shape index (κ3) is 1.63. The number of carbonyl (C=O) groups excluding carboxylic acids is 1. The first-order chi connectivity index (χ1) is 10.6. The highest BCUT2D eigenvalue weighted by atomic mass is 16.5. The van der Waals surface area contributed by atoms with Crippen molar-refractivity contribution in [3.8, 4) is 0 Å². The van der Waals surface area contributed by atoms with Gasteiger partial charge in [-0.3, -0.25) is 9.59 Å². The standard InChI is InChI=1S/C17H17NO4/c1-2-10-3-5-11(6-4-10)18-9-17-8-7-12(22-17)13(16(20)21)14(17)15(18)19/h3-8,12-14H,2,9H2,1H3,(H,20,21)/t12-,13?,14+,17-/m1/s1. The van der Waals surface area contributed by atoms with E-state index in [1.165, 1.54) is 5.56 Å². The summed E-state index contributed by atoms with van der Waals surface area (Å²) in [6.45, 7) is 2.47. The van der Waals surface area contributed by atoms with Gasteiger partial charge in [-0.25, -0.2) is 0 Å². The van der Waals surface area contributed by atoms with E-state index in [1.807, 2.05) is 30.3 Å². The molecule has 2 bridgehead atoms. The van der Waals surface area contributed by atoms with Crippen molar-refractivity contribution in [1.29, 1.82) is 0 Å². The molecule has 3 aliphatic heterocycles. The molecule has 1 amide bonds. The van der Waals surface area contributed by atoms with E-state index >= 15 is 0 Å². The number of rotatable bonds is 3. The number of anilines is 1. The number of hydrogen-bond acceptors (Lipinski definition) is 3. The first kappa shape index (κ1) is 13.5. The van der Waals surface area contributed by atoms with Gasteiger partial charge in [0, 0.05) is 5.69 Å². The summed E-state index contributed by atoms with van der Waals surface area (Å²) in [6, 6.07) is 7.83. The lowest BCUT2D eigenvalue weighted by molar-refractivity contribution is -0.146. The first-order valence-electron chi connectivity index (χ1n) is 7.56. The van der Waals surface area contributed by atoms with Gasteiger partial charge in [0.15, 0.2) is 0 Å². The van der Waals surface area contributed by atoms with Crippen molar-refractivity contribution in [1.82, 2.24) is 0 Å². The number of ether oxygens (including phenoxy) is 1. The van der Waals surface area contributed by atoms with Crippen molar-refractivity contribution >= 4 is 17.6 Å². The van der Waals surface area contributed by atoms with Gasteiger partial charge < -0.3 is 14.7 Å². The molecule has 5 nitrogen and oxygen atoms in total. The molecule has 1 N–H and O–H groups in total. The van der Waals surface area contributed by atoms with Gasteiger partial charge in [0.2, 0.25) is 5.91 Å². The number of carboxylic acid groups (broad SMARTS) is 1. The van der Waals surface area contributed by atoms with Crippen molar-refractivity contribution < 1.29 is 19.4 Å². The molecule has 4 rings (SSSR count). The minimum Gasteiger partial charge on any atom is -0.481 e. The third-order valence-corrected chi connectivity index (χ3v) is 5.04. The van der Waals surface area contributed by atoms with Gasteiger partial charge in [0.25, 0.3) is 0 Å². The fraction of sp³-hybridized carbons (Fsp3) is 0.412. The Bertz CT molecular complexity index is 680. The molecule has 2 saturated heterocycles. The van der Waals surface area contributed by atoms with Crippen LogP contribution in [0.2, 0.25) is 0 Å². The van der Waals surface area contributed by atoms with Crippen LogP contribution in [0.3, 0.4) is 0 Å². The van der Waals surface area contributed by atoms with Crippen LogP contribution in [-0.2, 0) is 20.7 Å². The molecule has 2 fully saturated rings. The Labute approximate surface area is 128 Å². The normalized spacial score (nSPS) is 35.2. The number of nitrogens with zero attached hydrogens (tertiary/aromatic N) is 1. The Morgan fingerprint density at radius 2 is 2.14 bits per heavy atom. The minimum atomic E-state index is -0.960. The Morgan fingerprint density at radius 1 is 1.41 bits per heavy atom. The van der Waals surface area contributed by atoms with E-state index in [4.69, 9.17) is 4.74 Å². The summed E-state index contributed by atoms with van der Waals surface area (Å²) < 4.78 is 5.87. The highest BCUT2D eigenvalue weighted by Crippen LogP contribution is 2.52. The summed E-state index contributed by atoms with van der Waals surface area (Å²) in [5.74, 6) is -2.51. The number of hydrogen-bond donors (Lipinski definition) is 1. The molecular formula is C17H17NO4. The maximum atomic E-state index is 12.8. The van der Waals surface area contributed by atoms with Crippen LogP contribution in [-0.4, -0.2) is 35.2 Å². The second-order valence-corrected chi connectivity index (χ2v) is 6.18. The number of carboxylic acids is 1. The first-order valence-corrected chi connectivity index (χ1v) is 7.56. The molecule has 0 aromatic heterocycles. The molecule has 1 aromatic carbocycles. The van der Waals surface area contributed by atoms with Gasteiger partial charge in [-0.2, -0.15) is 0 Å². The van der Waals surface area contributed by atoms with E-state index in [0.717, 1.165) is 12.1 Å². The monoisotopic (exact) mass is 299 g/mol. The van der Waals surface area contributed by atoms with Gasteiger partial charge in [-0.15, -0.1) is 0 Å². The molecule has 3 heterocycles. The van der Waals surface area contributed by atoms with E-state index in [2.05, 4.69) is 6.92 Å². The topological polar surface area (TPSA) is 66.8 Å². The number of aryl methyl sites for hydroxylation is 1. The number of aliphatic carboxylic acids is 1. The molecule has 0 saturated carbocycles. The van der Waals surface area contributed by atoms with Gasteiger partial charge in [-0.1, -0.05) is 31.2 Å². The number of amides is 1. The van der Waals surface area contributed by atoms with Gasteiger partial charge in [0.05, 0.1) is 18.6 Å². The van der Waals surface area contributed by atoms with E-state index in [9.17, 15) is 14.7 Å². The fourth-order valence-corrected chi connectivity index (χ4v) is 3.91. The molecule has 4 atom stereocenters. The molecule has 0 radical (unpaired) electrons. The molecule has 1 spiro atoms. The zero-order valence-corrected chi connectivity index (χ0v) is 12.2. The van der Waals surface area contributed by atoms with E-state index in [0.29, 0.717) is 6.54 Å². The van der Waals surface area contributed by atoms with Crippen LogP contribution in [0.25, 0.3) is 0 Å². The Hall–Kier alpha value is -2.14. The van der Waals surface area contributed by atoms with Crippen LogP contribution in [0.15, 0.2) is 36.4 Å². The zero-order chi connectivity index (χ0) is 15.5. The van der Waals surface area contributed by atoms with E-state index in [-0.39, 0.29) is 5.91 Å². The zero-order valence-electron chi connectivity index (χ0n) is 12.2. The maximum Gasteiger partial charge on any atom is 0.310 e. The second-order valence-electron chi connectivity index (χ2n) is 6.18. The number of fused-ring (bicyclic) bond motifs is 1. The minimum absolute atomic E-state index is 0.150. The quantitative estimate of drug-likeness (QED) is 0.861. The molecule has 3 aliphatic rings. The summed E-state index contributed by atoms with van der Waals surface area (Å²) in [5, 5.41) is 9.44. The molecule has 114 valence electrons.